The van der Waals surface area contributed by atoms with Crippen LogP contribution in [0.2, 0.25) is 5.15 Å². The molecule has 3 N–H and O–H groups in total. The molecule has 2 rings (SSSR count). The molecule has 1 amide bonds. The van der Waals surface area contributed by atoms with E-state index in [1.165, 1.54) is 6.07 Å². The molecule has 2 aromatic rings. The molecule has 114 valence electrons. The van der Waals surface area contributed by atoms with E-state index < -0.39 is 40.3 Å². The monoisotopic (exact) mass is 328 g/mol. The molecule has 6 nitrogen and oxygen atoms in total. The third-order valence-corrected chi connectivity index (χ3v) is 2.90. The fourth-order valence-corrected chi connectivity index (χ4v) is 1.83. The Balaban J connectivity index is 2.43. The molecule has 0 bridgehead atoms. The summed E-state index contributed by atoms with van der Waals surface area (Å²) in [7, 11) is 0. The fraction of sp³-hybridized carbons (Fsp3) is 0. The molecular weight excluding hydrogens is 322 g/mol. The summed E-state index contributed by atoms with van der Waals surface area (Å²) in [6.07, 6.45) is 0. The van der Waals surface area contributed by atoms with E-state index in [0.29, 0.717) is 6.07 Å². The maximum absolute atomic E-state index is 13.5. The van der Waals surface area contributed by atoms with Crippen molar-refractivity contribution in [3.63, 3.8) is 0 Å². The molecule has 0 radical (unpaired) electrons. The van der Waals surface area contributed by atoms with Gasteiger partial charge in [0.1, 0.15) is 16.3 Å². The third kappa shape index (κ3) is 2.96. The van der Waals surface area contributed by atoms with Gasteiger partial charge in [-0.3, -0.25) is 9.59 Å². The van der Waals surface area contributed by atoms with Gasteiger partial charge in [-0.05, 0) is 24.3 Å². The number of hydrogen-bond acceptors (Lipinski definition) is 3. The average molecular weight is 329 g/mol. The Morgan fingerprint density at radius 1 is 1.18 bits per heavy atom. The lowest BCUT2D eigenvalue weighted by Crippen LogP contribution is -2.24. The highest BCUT2D eigenvalue weighted by Crippen LogP contribution is 2.22. The van der Waals surface area contributed by atoms with Crippen molar-refractivity contribution >= 4 is 29.2 Å². The van der Waals surface area contributed by atoms with Crippen molar-refractivity contribution in [3.8, 4) is 0 Å². The number of rotatable bonds is 3. The van der Waals surface area contributed by atoms with Crippen molar-refractivity contribution in [2.24, 2.45) is 0 Å². The minimum absolute atomic E-state index is 0.000557. The van der Waals surface area contributed by atoms with Crippen LogP contribution in [0, 0.1) is 11.6 Å². The second kappa shape index (κ2) is 5.94. The molecule has 0 aliphatic carbocycles. The van der Waals surface area contributed by atoms with E-state index in [2.05, 4.69) is 4.98 Å². The number of carboxylic acid groups (broad SMARTS) is 1. The summed E-state index contributed by atoms with van der Waals surface area (Å²) in [6, 6.07) is 3.88. The van der Waals surface area contributed by atoms with Crippen LogP contribution in [0.1, 0.15) is 20.7 Å². The van der Waals surface area contributed by atoms with Crippen LogP contribution in [0.3, 0.4) is 0 Å². The number of halogens is 3. The van der Waals surface area contributed by atoms with E-state index in [1.54, 1.807) is 0 Å². The molecule has 0 aliphatic rings. The summed E-state index contributed by atoms with van der Waals surface area (Å²) in [5.74, 6) is -5.75. The minimum Gasteiger partial charge on any atom is -0.478 e. The highest BCUT2D eigenvalue weighted by molar-refractivity contribution is 6.29. The summed E-state index contributed by atoms with van der Waals surface area (Å²) >= 11 is 5.53. The first kappa shape index (κ1) is 15.6. The number of hydrogen-bond donors (Lipinski definition) is 3. The Morgan fingerprint density at radius 2 is 1.86 bits per heavy atom. The van der Waals surface area contributed by atoms with Gasteiger partial charge in [-0.1, -0.05) is 11.6 Å². The number of aromatic carboxylic acids is 1. The van der Waals surface area contributed by atoms with E-state index in [-0.39, 0.29) is 10.7 Å². The molecule has 0 saturated carbocycles. The van der Waals surface area contributed by atoms with Gasteiger partial charge in [0.25, 0.3) is 11.5 Å². The molecule has 0 fully saturated rings. The summed E-state index contributed by atoms with van der Waals surface area (Å²) < 4.78 is 26.6. The highest BCUT2D eigenvalue weighted by atomic mass is 35.5. The third-order valence-electron chi connectivity index (χ3n) is 2.68. The molecule has 0 unspecified atom stereocenters. The predicted octanol–water partition coefficient (Wildman–Crippen LogP) is 2.26. The quantitative estimate of drug-likeness (QED) is 0.752. The number of pyridine rings is 1. The Morgan fingerprint density at radius 3 is 2.45 bits per heavy atom. The lowest BCUT2D eigenvalue weighted by Gasteiger charge is -2.09. The molecule has 0 saturated heterocycles. The van der Waals surface area contributed by atoms with Gasteiger partial charge in [0.15, 0.2) is 11.6 Å². The maximum Gasteiger partial charge on any atom is 0.340 e. The number of carboxylic acids is 1. The predicted molar refractivity (Wildman–Crippen MR) is 73.3 cm³/mol. The van der Waals surface area contributed by atoms with Crippen LogP contribution >= 0.6 is 11.6 Å². The van der Waals surface area contributed by atoms with E-state index in [9.17, 15) is 23.2 Å². The maximum atomic E-state index is 13.5. The summed E-state index contributed by atoms with van der Waals surface area (Å²) in [6.45, 7) is 0. The zero-order chi connectivity index (χ0) is 16.4. The normalized spacial score (nSPS) is 10.3. The van der Waals surface area contributed by atoms with Crippen molar-refractivity contribution in [2.45, 2.75) is 0 Å². The second-order valence-electron chi connectivity index (χ2n) is 4.09. The van der Waals surface area contributed by atoms with E-state index in [0.717, 1.165) is 12.1 Å². The molecule has 1 heterocycles. The zero-order valence-corrected chi connectivity index (χ0v) is 11.4. The van der Waals surface area contributed by atoms with Crippen molar-refractivity contribution in [1.82, 2.24) is 4.98 Å². The van der Waals surface area contributed by atoms with Gasteiger partial charge in [0.2, 0.25) is 0 Å². The SMILES string of the molecule is O=C(O)c1c(NC(=O)c2ccc(Cl)[nH]c2=O)ccc(F)c1F. The van der Waals surface area contributed by atoms with Gasteiger partial charge in [0, 0.05) is 0 Å². The van der Waals surface area contributed by atoms with E-state index in [1.807, 2.05) is 5.32 Å². The Bertz CT molecular complexity index is 835. The number of amides is 1. The van der Waals surface area contributed by atoms with Gasteiger partial charge in [-0.25, -0.2) is 13.6 Å². The largest absolute Gasteiger partial charge is 0.478 e. The van der Waals surface area contributed by atoms with Gasteiger partial charge >= 0.3 is 5.97 Å². The minimum atomic E-state index is -1.77. The first-order valence-corrected chi connectivity index (χ1v) is 6.10. The smallest absolute Gasteiger partial charge is 0.340 e. The number of H-pyrrole nitrogens is 1. The molecule has 1 aromatic carbocycles. The summed E-state index contributed by atoms with van der Waals surface area (Å²) in [5, 5.41) is 10.9. The summed E-state index contributed by atoms with van der Waals surface area (Å²) in [4.78, 5) is 36.6. The van der Waals surface area contributed by atoms with Gasteiger partial charge in [-0.2, -0.15) is 0 Å². The number of carbonyl (C=O) groups excluding carboxylic acids is 1. The number of anilines is 1. The molecule has 1 aromatic heterocycles. The molecule has 0 aliphatic heterocycles. The van der Waals surface area contributed by atoms with Gasteiger partial charge in [-0.15, -0.1) is 0 Å². The fourth-order valence-electron chi connectivity index (χ4n) is 1.68. The van der Waals surface area contributed by atoms with Crippen molar-refractivity contribution < 1.29 is 23.5 Å². The van der Waals surface area contributed by atoms with Crippen LogP contribution in [0.5, 0.6) is 0 Å². The van der Waals surface area contributed by atoms with E-state index >= 15 is 0 Å². The molecule has 9 heteroatoms. The average Bonchev–Trinajstić information content (AvgIpc) is 2.42. The lowest BCUT2D eigenvalue weighted by molar-refractivity contribution is 0.0692. The van der Waals surface area contributed by atoms with Crippen LogP contribution in [0.4, 0.5) is 14.5 Å². The number of nitrogens with one attached hydrogen (secondary N) is 2. The Labute approximate surface area is 126 Å². The van der Waals surface area contributed by atoms with Crippen LogP contribution in [-0.4, -0.2) is 22.0 Å². The Hall–Kier alpha value is -2.74. The first-order valence-electron chi connectivity index (χ1n) is 5.72. The van der Waals surface area contributed by atoms with Crippen molar-refractivity contribution in [2.75, 3.05) is 5.32 Å². The first-order chi connectivity index (χ1) is 10.3. The Kier molecular flexibility index (Phi) is 4.22. The molecule has 0 spiro atoms. The van der Waals surface area contributed by atoms with Crippen molar-refractivity contribution in [1.29, 1.82) is 0 Å². The van der Waals surface area contributed by atoms with Gasteiger partial charge < -0.3 is 15.4 Å². The highest BCUT2D eigenvalue weighted by Gasteiger charge is 2.22. The van der Waals surface area contributed by atoms with Crippen LogP contribution in [0.15, 0.2) is 29.1 Å². The topological polar surface area (TPSA) is 99.3 Å². The van der Waals surface area contributed by atoms with Crippen LogP contribution in [-0.2, 0) is 0 Å². The standard InChI is InChI=1S/C13H7ClF2N2O4/c14-8-4-1-5(12(20)18-8)11(19)17-7-3-2-6(15)10(16)9(7)13(21)22/h1-4H,(H,17,19)(H,18,20)(H,21,22). The van der Waals surface area contributed by atoms with E-state index in [4.69, 9.17) is 16.7 Å². The van der Waals surface area contributed by atoms with Gasteiger partial charge in [0.05, 0.1) is 5.69 Å². The molecule has 22 heavy (non-hydrogen) atoms. The van der Waals surface area contributed by atoms with Crippen LogP contribution < -0.4 is 10.9 Å². The lowest BCUT2D eigenvalue weighted by atomic mass is 10.1. The number of benzene rings is 1. The zero-order valence-electron chi connectivity index (χ0n) is 10.6. The van der Waals surface area contributed by atoms with Crippen molar-refractivity contribution in [3.05, 3.63) is 62.5 Å². The summed E-state index contributed by atoms with van der Waals surface area (Å²) in [5.41, 5.74) is -2.71. The molecular formula is C13H7ClF2N2O4. The molecule has 0 atom stereocenters. The number of aromatic nitrogens is 1. The number of aromatic amines is 1. The second-order valence-corrected chi connectivity index (χ2v) is 4.50. The van der Waals surface area contributed by atoms with Crippen LogP contribution in [0.25, 0.3) is 0 Å². The number of carbonyl (C=O) groups is 2.